The van der Waals surface area contributed by atoms with E-state index in [0.717, 1.165) is 19.3 Å². The Bertz CT molecular complexity index is 947. The highest BCUT2D eigenvalue weighted by Crippen LogP contribution is 2.31. The van der Waals surface area contributed by atoms with Crippen LogP contribution in [0.3, 0.4) is 0 Å². The molecule has 0 N–H and O–H groups in total. The molecule has 3 heterocycles. The first-order chi connectivity index (χ1) is 13.7. The van der Waals surface area contributed by atoms with E-state index in [-0.39, 0.29) is 24.3 Å². The number of hydrogen-bond acceptors (Lipinski definition) is 6. The van der Waals surface area contributed by atoms with Crippen molar-refractivity contribution < 1.29 is 18.3 Å². The van der Waals surface area contributed by atoms with Crippen molar-refractivity contribution in [2.45, 2.75) is 25.3 Å². The quantitative estimate of drug-likeness (QED) is 0.673. The first kappa shape index (κ1) is 18.1. The minimum atomic E-state index is -0.498. The average Bonchev–Trinajstić information content (AvgIpc) is 3.24. The van der Waals surface area contributed by atoms with Crippen molar-refractivity contribution in [3.05, 3.63) is 60.4 Å². The summed E-state index contributed by atoms with van der Waals surface area (Å²) in [6, 6.07) is 11.1. The van der Waals surface area contributed by atoms with Gasteiger partial charge in [0, 0.05) is 12.7 Å². The predicted molar refractivity (Wildman–Crippen MR) is 97.7 cm³/mol. The zero-order chi connectivity index (χ0) is 19.3. The molecule has 144 valence electrons. The second-order valence-corrected chi connectivity index (χ2v) is 6.48. The molecule has 28 heavy (non-hydrogen) atoms. The summed E-state index contributed by atoms with van der Waals surface area (Å²) >= 11 is 0. The second kappa shape index (κ2) is 8.16. The van der Waals surface area contributed by atoms with Gasteiger partial charge in [-0.25, -0.2) is 4.39 Å². The zero-order valence-corrected chi connectivity index (χ0v) is 15.1. The van der Waals surface area contributed by atoms with Crippen molar-refractivity contribution >= 4 is 5.91 Å². The van der Waals surface area contributed by atoms with Crippen LogP contribution >= 0.6 is 0 Å². The van der Waals surface area contributed by atoms with E-state index in [1.54, 1.807) is 35.4 Å². The van der Waals surface area contributed by atoms with Gasteiger partial charge in [0.05, 0.1) is 0 Å². The highest BCUT2D eigenvalue weighted by atomic mass is 19.1. The van der Waals surface area contributed by atoms with Crippen molar-refractivity contribution in [3.8, 4) is 17.3 Å². The molecular formula is C20H19FN4O3. The highest BCUT2D eigenvalue weighted by molar-refractivity contribution is 5.78. The molecule has 1 saturated heterocycles. The summed E-state index contributed by atoms with van der Waals surface area (Å²) in [6.45, 7) is 0.310. The number of benzene rings is 1. The van der Waals surface area contributed by atoms with E-state index < -0.39 is 5.82 Å². The lowest BCUT2D eigenvalue weighted by molar-refractivity contribution is -0.137. The Balaban J connectivity index is 1.48. The fourth-order valence-electron chi connectivity index (χ4n) is 3.23. The molecule has 0 bridgehead atoms. The summed E-state index contributed by atoms with van der Waals surface area (Å²) in [4.78, 5) is 18.6. The number of likely N-dealkylation sites (tertiary alicyclic amines) is 1. The highest BCUT2D eigenvalue weighted by Gasteiger charge is 2.32. The third-order valence-electron chi connectivity index (χ3n) is 4.62. The molecule has 2 aromatic heterocycles. The SMILES string of the molecule is O=C(COc1ccccc1F)N1CCCC[C@@H]1c1nnc(-c2ccccn2)o1. The fraction of sp³-hybridized carbons (Fsp3) is 0.300. The standard InChI is InChI=1S/C20H19FN4O3/c21-14-7-1-2-10-17(14)27-13-18(26)25-12-6-4-9-16(25)20-24-23-19(28-20)15-8-3-5-11-22-15/h1-3,5,7-8,10-11,16H,4,6,9,12-13H2/t16-/m1/s1. The number of ether oxygens (including phenoxy) is 1. The monoisotopic (exact) mass is 382 g/mol. The van der Waals surface area contributed by atoms with Crippen LogP contribution in [0.2, 0.25) is 0 Å². The molecule has 1 aliphatic rings. The van der Waals surface area contributed by atoms with Gasteiger partial charge in [0.1, 0.15) is 11.7 Å². The van der Waals surface area contributed by atoms with E-state index in [4.69, 9.17) is 9.15 Å². The van der Waals surface area contributed by atoms with Crippen molar-refractivity contribution in [1.82, 2.24) is 20.1 Å². The summed E-state index contributed by atoms with van der Waals surface area (Å²) in [6.07, 6.45) is 4.19. The molecule has 1 aromatic carbocycles. The molecule has 1 aliphatic heterocycles. The first-order valence-corrected chi connectivity index (χ1v) is 9.14. The molecule has 1 amide bonds. The maximum Gasteiger partial charge on any atom is 0.266 e. The van der Waals surface area contributed by atoms with Crippen molar-refractivity contribution in [2.24, 2.45) is 0 Å². The molecule has 7 nitrogen and oxygen atoms in total. The number of carbonyl (C=O) groups is 1. The minimum absolute atomic E-state index is 0.0552. The van der Waals surface area contributed by atoms with Crippen LogP contribution < -0.4 is 4.74 Å². The number of pyridine rings is 1. The molecule has 0 unspecified atom stereocenters. The van der Waals surface area contributed by atoms with Gasteiger partial charge in [0.15, 0.2) is 18.2 Å². The Hall–Kier alpha value is -3.29. The van der Waals surface area contributed by atoms with Gasteiger partial charge in [-0.3, -0.25) is 9.78 Å². The lowest BCUT2D eigenvalue weighted by Gasteiger charge is -2.33. The maximum atomic E-state index is 13.7. The van der Waals surface area contributed by atoms with Crippen LogP contribution in [0.1, 0.15) is 31.2 Å². The molecule has 8 heteroatoms. The van der Waals surface area contributed by atoms with Gasteiger partial charge < -0.3 is 14.1 Å². The third kappa shape index (κ3) is 3.85. The molecule has 0 radical (unpaired) electrons. The summed E-state index contributed by atoms with van der Waals surface area (Å²) in [7, 11) is 0. The van der Waals surface area contributed by atoms with Gasteiger partial charge in [0.25, 0.3) is 11.8 Å². The summed E-state index contributed by atoms with van der Waals surface area (Å²) in [5, 5.41) is 8.19. The van der Waals surface area contributed by atoms with E-state index >= 15 is 0 Å². The predicted octanol–water partition coefficient (Wildman–Crippen LogP) is 3.40. The second-order valence-electron chi connectivity index (χ2n) is 6.48. The Kier molecular flexibility index (Phi) is 5.27. The Morgan fingerprint density at radius 2 is 2.04 bits per heavy atom. The van der Waals surface area contributed by atoms with E-state index in [9.17, 15) is 9.18 Å². The van der Waals surface area contributed by atoms with Crippen LogP contribution in [-0.4, -0.2) is 39.1 Å². The topological polar surface area (TPSA) is 81.4 Å². The molecule has 0 saturated carbocycles. The van der Waals surface area contributed by atoms with Crippen LogP contribution in [0.4, 0.5) is 4.39 Å². The first-order valence-electron chi connectivity index (χ1n) is 9.14. The summed E-state index contributed by atoms with van der Waals surface area (Å²) in [5.41, 5.74) is 0.581. The fourth-order valence-corrected chi connectivity index (χ4v) is 3.23. The van der Waals surface area contributed by atoms with Crippen LogP contribution in [0.25, 0.3) is 11.6 Å². The number of amides is 1. The molecule has 4 rings (SSSR count). The third-order valence-corrected chi connectivity index (χ3v) is 4.62. The molecule has 1 atom stereocenters. The number of rotatable bonds is 5. The van der Waals surface area contributed by atoms with Gasteiger partial charge >= 0.3 is 0 Å². The Morgan fingerprint density at radius 1 is 1.18 bits per heavy atom. The number of para-hydroxylation sites is 1. The molecule has 0 spiro atoms. The average molecular weight is 382 g/mol. The summed E-state index contributed by atoms with van der Waals surface area (Å²) in [5.74, 6) is 0.00310. The van der Waals surface area contributed by atoms with Gasteiger partial charge in [-0.15, -0.1) is 10.2 Å². The smallest absolute Gasteiger partial charge is 0.266 e. The number of piperidine rings is 1. The number of halogens is 1. The lowest BCUT2D eigenvalue weighted by Crippen LogP contribution is -2.41. The maximum absolute atomic E-state index is 13.7. The number of carbonyl (C=O) groups excluding carboxylic acids is 1. The molecule has 3 aromatic rings. The Morgan fingerprint density at radius 3 is 2.86 bits per heavy atom. The molecular weight excluding hydrogens is 363 g/mol. The van der Waals surface area contributed by atoms with E-state index in [0.29, 0.717) is 24.0 Å². The van der Waals surface area contributed by atoms with Crippen LogP contribution in [0.5, 0.6) is 5.75 Å². The van der Waals surface area contributed by atoms with Crippen molar-refractivity contribution in [1.29, 1.82) is 0 Å². The van der Waals surface area contributed by atoms with Gasteiger partial charge in [-0.2, -0.15) is 0 Å². The van der Waals surface area contributed by atoms with Crippen LogP contribution in [0, 0.1) is 5.82 Å². The van der Waals surface area contributed by atoms with Gasteiger partial charge in [-0.05, 0) is 43.5 Å². The largest absolute Gasteiger partial charge is 0.481 e. The van der Waals surface area contributed by atoms with Crippen molar-refractivity contribution in [3.63, 3.8) is 0 Å². The zero-order valence-electron chi connectivity index (χ0n) is 15.1. The van der Waals surface area contributed by atoms with E-state index in [1.807, 2.05) is 6.07 Å². The van der Waals surface area contributed by atoms with Gasteiger partial charge in [0.2, 0.25) is 5.89 Å². The Labute approximate surface area is 161 Å². The van der Waals surface area contributed by atoms with Gasteiger partial charge in [-0.1, -0.05) is 18.2 Å². The minimum Gasteiger partial charge on any atom is -0.481 e. The normalized spacial score (nSPS) is 16.8. The summed E-state index contributed by atoms with van der Waals surface area (Å²) < 4.78 is 24.9. The number of nitrogens with zero attached hydrogens (tertiary/aromatic N) is 4. The molecule has 0 aliphatic carbocycles. The molecule has 1 fully saturated rings. The van der Waals surface area contributed by atoms with E-state index in [2.05, 4.69) is 15.2 Å². The number of hydrogen-bond donors (Lipinski definition) is 0. The van der Waals surface area contributed by atoms with Crippen LogP contribution in [0.15, 0.2) is 53.1 Å². The number of aromatic nitrogens is 3. The van der Waals surface area contributed by atoms with Crippen LogP contribution in [-0.2, 0) is 4.79 Å². The van der Waals surface area contributed by atoms with E-state index in [1.165, 1.54) is 12.1 Å². The lowest BCUT2D eigenvalue weighted by atomic mass is 10.0. The van der Waals surface area contributed by atoms with Crippen molar-refractivity contribution in [2.75, 3.05) is 13.2 Å².